The highest BCUT2D eigenvalue weighted by Crippen LogP contribution is 2.32. The van der Waals surface area contributed by atoms with E-state index in [1.807, 2.05) is 0 Å². The maximum Gasteiger partial charge on any atom is 0.254 e. The second kappa shape index (κ2) is 6.33. The van der Waals surface area contributed by atoms with Crippen LogP contribution in [-0.4, -0.2) is 42.5 Å². The molecular weight excluding hydrogens is 354 g/mol. The molecule has 0 aromatic heterocycles. The Morgan fingerprint density at radius 2 is 1.74 bits per heavy atom. The van der Waals surface area contributed by atoms with Crippen LogP contribution in [0.5, 0.6) is 5.75 Å². The average Bonchev–Trinajstić information content (AvgIpc) is 3.02. The minimum absolute atomic E-state index is 0.0328. The normalized spacial score (nSPS) is 17.6. The molecule has 5 nitrogen and oxygen atoms in total. The van der Waals surface area contributed by atoms with Crippen LogP contribution >= 0.6 is 0 Å². The summed E-state index contributed by atoms with van der Waals surface area (Å²) in [6, 6.07) is 8.97. The molecule has 0 atom stereocenters. The van der Waals surface area contributed by atoms with Gasteiger partial charge in [-0.1, -0.05) is 12.1 Å². The molecular formula is C20H18F2N2O3. The third-order valence-corrected chi connectivity index (χ3v) is 5.18. The van der Waals surface area contributed by atoms with Crippen molar-refractivity contribution in [3.63, 3.8) is 0 Å². The molecule has 2 heterocycles. The first-order valence-corrected chi connectivity index (χ1v) is 8.64. The Hall–Kier alpha value is -2.96. The minimum atomic E-state index is -0.780. The Morgan fingerprint density at radius 3 is 2.26 bits per heavy atom. The fourth-order valence-corrected chi connectivity index (χ4v) is 3.75. The molecule has 2 aromatic rings. The number of hydrogen-bond donors (Lipinski definition) is 1. The van der Waals surface area contributed by atoms with Crippen molar-refractivity contribution in [3.8, 4) is 16.9 Å². The average molecular weight is 372 g/mol. The smallest absolute Gasteiger partial charge is 0.254 e. The zero-order chi connectivity index (χ0) is 19.2. The molecule has 2 saturated heterocycles. The molecule has 2 aliphatic rings. The number of nitrogens with zero attached hydrogens (tertiary/aromatic N) is 1. The molecule has 0 radical (unpaired) electrons. The lowest BCUT2D eigenvalue weighted by Crippen LogP contribution is -2.68. The van der Waals surface area contributed by atoms with Gasteiger partial charge in [-0.3, -0.25) is 9.59 Å². The number of carbonyl (C=O) groups is 2. The minimum Gasteiger partial charge on any atom is -0.491 e. The molecule has 0 aliphatic carbocycles. The van der Waals surface area contributed by atoms with Gasteiger partial charge in [0.25, 0.3) is 5.91 Å². The van der Waals surface area contributed by atoms with E-state index < -0.39 is 17.4 Å². The second-order valence-corrected chi connectivity index (χ2v) is 7.04. The Kier molecular flexibility index (Phi) is 4.09. The number of halogens is 2. The van der Waals surface area contributed by atoms with E-state index >= 15 is 0 Å². The van der Waals surface area contributed by atoms with Crippen LogP contribution in [0.4, 0.5) is 8.78 Å². The van der Waals surface area contributed by atoms with Crippen molar-refractivity contribution in [2.45, 2.75) is 18.4 Å². The van der Waals surface area contributed by atoms with Gasteiger partial charge in [0.15, 0.2) is 17.4 Å². The van der Waals surface area contributed by atoms with Crippen molar-refractivity contribution in [1.82, 2.24) is 10.2 Å². The lowest BCUT2D eigenvalue weighted by molar-refractivity contribution is -0.120. The van der Waals surface area contributed by atoms with Crippen LogP contribution in [0.1, 0.15) is 23.2 Å². The van der Waals surface area contributed by atoms with Gasteiger partial charge in [0, 0.05) is 25.1 Å². The van der Waals surface area contributed by atoms with Crippen LogP contribution in [0, 0.1) is 11.6 Å². The van der Waals surface area contributed by atoms with E-state index in [9.17, 15) is 18.4 Å². The van der Waals surface area contributed by atoms with Crippen LogP contribution in [0.15, 0.2) is 36.4 Å². The molecule has 2 aliphatic heterocycles. The summed E-state index contributed by atoms with van der Waals surface area (Å²) in [5, 5.41) is 2.94. The lowest BCUT2D eigenvalue weighted by Gasteiger charge is -2.47. The van der Waals surface area contributed by atoms with Gasteiger partial charge >= 0.3 is 0 Å². The summed E-state index contributed by atoms with van der Waals surface area (Å²) < 4.78 is 32.4. The van der Waals surface area contributed by atoms with Crippen LogP contribution in [0.2, 0.25) is 0 Å². The summed E-state index contributed by atoms with van der Waals surface area (Å²) in [5.74, 6) is -2.07. The monoisotopic (exact) mass is 372 g/mol. The number of likely N-dealkylation sites (tertiary alicyclic amines) is 1. The molecule has 2 fully saturated rings. The van der Waals surface area contributed by atoms with E-state index in [2.05, 4.69) is 10.1 Å². The predicted molar refractivity (Wildman–Crippen MR) is 94.4 cm³/mol. The van der Waals surface area contributed by atoms with Crippen LogP contribution < -0.4 is 10.1 Å². The summed E-state index contributed by atoms with van der Waals surface area (Å²) in [7, 11) is 1.21. The molecule has 2 amide bonds. The zero-order valence-corrected chi connectivity index (χ0v) is 14.7. The number of rotatable bonds is 3. The maximum absolute atomic E-state index is 13.9. The number of amides is 2. The van der Waals surface area contributed by atoms with Crippen molar-refractivity contribution >= 4 is 11.8 Å². The fraction of sp³-hybridized carbons (Fsp3) is 0.300. The maximum atomic E-state index is 13.9. The molecule has 1 spiro atoms. The van der Waals surface area contributed by atoms with Crippen molar-refractivity contribution in [2.75, 3.05) is 20.2 Å². The zero-order valence-electron chi connectivity index (χ0n) is 14.7. The highest BCUT2D eigenvalue weighted by atomic mass is 19.1. The van der Waals surface area contributed by atoms with Gasteiger partial charge in [-0.25, -0.2) is 8.78 Å². The van der Waals surface area contributed by atoms with Crippen LogP contribution in [-0.2, 0) is 4.79 Å². The van der Waals surface area contributed by atoms with Gasteiger partial charge in [0.2, 0.25) is 5.91 Å². The highest BCUT2D eigenvalue weighted by Gasteiger charge is 2.49. The summed E-state index contributed by atoms with van der Waals surface area (Å²) in [4.78, 5) is 25.6. The van der Waals surface area contributed by atoms with E-state index in [-0.39, 0.29) is 17.4 Å². The number of hydrogen-bond acceptors (Lipinski definition) is 3. The van der Waals surface area contributed by atoms with Gasteiger partial charge < -0.3 is 15.0 Å². The van der Waals surface area contributed by atoms with E-state index in [1.54, 1.807) is 29.2 Å². The summed E-state index contributed by atoms with van der Waals surface area (Å²) in [6.07, 6.45) is 1.26. The quantitative estimate of drug-likeness (QED) is 0.901. The molecule has 27 heavy (non-hydrogen) atoms. The first-order chi connectivity index (χ1) is 12.9. The Morgan fingerprint density at radius 1 is 1.11 bits per heavy atom. The summed E-state index contributed by atoms with van der Waals surface area (Å²) in [5.41, 5.74) is 1.19. The SMILES string of the molecule is COc1c(F)cc(-c2ccc(C(=O)N3CC4(CCC(=O)N4)C3)cc2)cc1F. The topological polar surface area (TPSA) is 58.6 Å². The first kappa shape index (κ1) is 17.5. The molecule has 0 bridgehead atoms. The van der Waals surface area contributed by atoms with Gasteiger partial charge in [0.1, 0.15) is 0 Å². The number of nitrogens with one attached hydrogen (secondary N) is 1. The lowest BCUT2D eigenvalue weighted by atomic mass is 9.87. The molecule has 140 valence electrons. The van der Waals surface area contributed by atoms with Crippen molar-refractivity contribution in [3.05, 3.63) is 53.6 Å². The van der Waals surface area contributed by atoms with Gasteiger partial charge in [-0.2, -0.15) is 0 Å². The van der Waals surface area contributed by atoms with Crippen LogP contribution in [0.25, 0.3) is 11.1 Å². The molecule has 1 N–H and O–H groups in total. The van der Waals surface area contributed by atoms with Gasteiger partial charge in [0.05, 0.1) is 12.6 Å². The molecule has 7 heteroatoms. The van der Waals surface area contributed by atoms with Gasteiger partial charge in [-0.05, 0) is 41.8 Å². The van der Waals surface area contributed by atoms with Crippen molar-refractivity contribution < 1.29 is 23.1 Å². The standard InChI is InChI=1S/C20H18F2N2O3/c1-27-18-15(21)8-14(9-16(18)22)12-2-4-13(5-3-12)19(26)24-10-20(11-24)7-6-17(25)23-20/h2-5,8-9H,6-7,10-11H2,1H3,(H,23,25). The van der Waals surface area contributed by atoms with E-state index in [1.165, 1.54) is 19.2 Å². The number of carbonyl (C=O) groups excluding carboxylic acids is 2. The fourth-order valence-electron chi connectivity index (χ4n) is 3.75. The molecule has 2 aromatic carbocycles. The molecule has 4 rings (SSSR count). The first-order valence-electron chi connectivity index (χ1n) is 8.64. The third-order valence-electron chi connectivity index (χ3n) is 5.18. The van der Waals surface area contributed by atoms with E-state index in [0.29, 0.717) is 36.2 Å². The Labute approximate surface area is 154 Å². The number of methoxy groups -OCH3 is 1. The number of benzene rings is 2. The highest BCUT2D eigenvalue weighted by molar-refractivity contribution is 5.96. The molecule has 0 saturated carbocycles. The van der Waals surface area contributed by atoms with Gasteiger partial charge in [-0.15, -0.1) is 0 Å². The van der Waals surface area contributed by atoms with Crippen LogP contribution in [0.3, 0.4) is 0 Å². The molecule has 0 unspecified atom stereocenters. The van der Waals surface area contributed by atoms with Crippen molar-refractivity contribution in [2.24, 2.45) is 0 Å². The summed E-state index contributed by atoms with van der Waals surface area (Å²) in [6.45, 7) is 1.02. The van der Waals surface area contributed by atoms with Crippen molar-refractivity contribution in [1.29, 1.82) is 0 Å². The summed E-state index contributed by atoms with van der Waals surface area (Å²) >= 11 is 0. The third kappa shape index (κ3) is 3.03. The second-order valence-electron chi connectivity index (χ2n) is 7.04. The predicted octanol–water partition coefficient (Wildman–Crippen LogP) is 2.75. The Balaban J connectivity index is 1.48. The largest absolute Gasteiger partial charge is 0.491 e. The number of ether oxygens (including phenoxy) is 1. The Bertz CT molecular complexity index is 898. The van der Waals surface area contributed by atoms with E-state index in [4.69, 9.17) is 0 Å². The van der Waals surface area contributed by atoms with E-state index in [0.717, 1.165) is 6.42 Å².